The smallest absolute Gasteiger partial charge is 0.0345 e. The molecule has 0 nitrogen and oxygen atoms in total. The van der Waals surface area contributed by atoms with Crippen LogP contribution in [0.2, 0.25) is 0 Å². The summed E-state index contributed by atoms with van der Waals surface area (Å²) in [5.74, 6) is 1.71. The average Bonchev–Trinajstić information content (AvgIpc) is 2.90. The molecule has 1 aliphatic carbocycles. The summed E-state index contributed by atoms with van der Waals surface area (Å²) < 4.78 is 1.43. The number of alkyl halides is 1. The van der Waals surface area contributed by atoms with E-state index in [2.05, 4.69) is 45.6 Å². The highest BCUT2D eigenvalue weighted by Gasteiger charge is 2.38. The molecule has 0 spiro atoms. The second-order valence-corrected chi connectivity index (χ2v) is 5.50. The van der Waals surface area contributed by atoms with Crippen LogP contribution in [-0.2, 0) is 0 Å². The SMILES string of the molecule is BrCC1CC1c1csc2ccccc12. The Kier molecular flexibility index (Phi) is 2.14. The van der Waals surface area contributed by atoms with Crippen molar-refractivity contribution in [2.75, 3.05) is 5.33 Å². The summed E-state index contributed by atoms with van der Waals surface area (Å²) in [6.45, 7) is 0. The van der Waals surface area contributed by atoms with Gasteiger partial charge in [-0.25, -0.2) is 0 Å². The van der Waals surface area contributed by atoms with Crippen molar-refractivity contribution < 1.29 is 0 Å². The van der Waals surface area contributed by atoms with Gasteiger partial charge in [0.05, 0.1) is 0 Å². The molecular formula is C12H11BrS. The number of hydrogen-bond acceptors (Lipinski definition) is 1. The first kappa shape index (κ1) is 8.93. The molecule has 2 aromatic rings. The maximum atomic E-state index is 3.57. The van der Waals surface area contributed by atoms with Crippen LogP contribution < -0.4 is 0 Å². The zero-order valence-electron chi connectivity index (χ0n) is 7.74. The van der Waals surface area contributed by atoms with Gasteiger partial charge in [-0.2, -0.15) is 0 Å². The van der Waals surface area contributed by atoms with E-state index < -0.39 is 0 Å². The molecule has 0 saturated heterocycles. The van der Waals surface area contributed by atoms with E-state index >= 15 is 0 Å². The van der Waals surface area contributed by atoms with Crippen LogP contribution in [0.15, 0.2) is 29.6 Å². The van der Waals surface area contributed by atoms with Gasteiger partial charge in [-0.05, 0) is 40.7 Å². The van der Waals surface area contributed by atoms with Gasteiger partial charge in [-0.1, -0.05) is 34.1 Å². The zero-order chi connectivity index (χ0) is 9.54. The lowest BCUT2D eigenvalue weighted by Crippen LogP contribution is -1.81. The van der Waals surface area contributed by atoms with Crippen LogP contribution in [0.3, 0.4) is 0 Å². The van der Waals surface area contributed by atoms with E-state index in [4.69, 9.17) is 0 Å². The Morgan fingerprint density at radius 1 is 1.36 bits per heavy atom. The van der Waals surface area contributed by atoms with Crippen LogP contribution in [0.4, 0.5) is 0 Å². The van der Waals surface area contributed by atoms with Crippen molar-refractivity contribution in [3.63, 3.8) is 0 Å². The maximum Gasteiger partial charge on any atom is 0.0345 e. The molecule has 0 bridgehead atoms. The Hall–Kier alpha value is -0.340. The minimum atomic E-state index is 0.825. The van der Waals surface area contributed by atoms with E-state index in [1.165, 1.54) is 16.5 Å². The van der Waals surface area contributed by atoms with Crippen molar-refractivity contribution in [1.82, 2.24) is 0 Å². The van der Waals surface area contributed by atoms with E-state index in [9.17, 15) is 0 Å². The third kappa shape index (κ3) is 1.32. The van der Waals surface area contributed by atoms with Crippen molar-refractivity contribution in [3.05, 3.63) is 35.2 Å². The summed E-state index contributed by atoms with van der Waals surface area (Å²) in [7, 11) is 0. The van der Waals surface area contributed by atoms with Crippen LogP contribution in [-0.4, -0.2) is 5.33 Å². The zero-order valence-corrected chi connectivity index (χ0v) is 10.1. The fourth-order valence-corrected chi connectivity index (χ4v) is 3.83. The first-order valence-electron chi connectivity index (χ1n) is 4.92. The molecule has 1 fully saturated rings. The summed E-state index contributed by atoms with van der Waals surface area (Å²) in [5.41, 5.74) is 1.58. The number of hydrogen-bond donors (Lipinski definition) is 0. The molecule has 0 aliphatic heterocycles. The monoisotopic (exact) mass is 266 g/mol. The van der Waals surface area contributed by atoms with Crippen LogP contribution in [0.25, 0.3) is 10.1 Å². The molecule has 1 heterocycles. The fourth-order valence-electron chi connectivity index (χ4n) is 2.08. The summed E-state index contributed by atoms with van der Waals surface area (Å²) in [4.78, 5) is 0. The predicted molar refractivity (Wildman–Crippen MR) is 66.5 cm³/mol. The molecule has 2 unspecified atom stereocenters. The van der Waals surface area contributed by atoms with Gasteiger partial charge in [-0.3, -0.25) is 0 Å². The summed E-state index contributed by atoms with van der Waals surface area (Å²) >= 11 is 5.45. The molecule has 1 saturated carbocycles. The van der Waals surface area contributed by atoms with Gasteiger partial charge in [0.2, 0.25) is 0 Å². The molecule has 0 N–H and O–H groups in total. The fraction of sp³-hybridized carbons (Fsp3) is 0.333. The lowest BCUT2D eigenvalue weighted by atomic mass is 10.1. The average molecular weight is 267 g/mol. The number of thiophene rings is 1. The lowest BCUT2D eigenvalue weighted by Gasteiger charge is -1.95. The summed E-state index contributed by atoms with van der Waals surface area (Å²) in [6.07, 6.45) is 1.37. The summed E-state index contributed by atoms with van der Waals surface area (Å²) in [5, 5.41) is 4.98. The highest BCUT2D eigenvalue weighted by Crippen LogP contribution is 2.51. The van der Waals surface area contributed by atoms with Gasteiger partial charge in [-0.15, -0.1) is 11.3 Å². The molecule has 1 aromatic carbocycles. The Morgan fingerprint density at radius 3 is 3.00 bits per heavy atom. The Labute approximate surface area is 96.1 Å². The van der Waals surface area contributed by atoms with Gasteiger partial charge in [0.15, 0.2) is 0 Å². The lowest BCUT2D eigenvalue weighted by molar-refractivity contribution is 0.945. The first-order chi connectivity index (χ1) is 6.90. The first-order valence-corrected chi connectivity index (χ1v) is 6.92. The standard InChI is InChI=1S/C12H11BrS/c13-6-8-5-10(8)11-7-14-12-4-2-1-3-9(11)12/h1-4,7-8,10H,5-6H2. The number of fused-ring (bicyclic) bond motifs is 1. The van der Waals surface area contributed by atoms with Gasteiger partial charge in [0.25, 0.3) is 0 Å². The second kappa shape index (κ2) is 3.35. The van der Waals surface area contributed by atoms with Gasteiger partial charge >= 0.3 is 0 Å². The van der Waals surface area contributed by atoms with Crippen molar-refractivity contribution in [3.8, 4) is 0 Å². The molecule has 14 heavy (non-hydrogen) atoms. The van der Waals surface area contributed by atoms with E-state index in [0.29, 0.717) is 0 Å². The molecule has 3 rings (SSSR count). The van der Waals surface area contributed by atoms with Crippen LogP contribution in [0.5, 0.6) is 0 Å². The van der Waals surface area contributed by atoms with Crippen LogP contribution in [0, 0.1) is 5.92 Å². The number of halogens is 1. The highest BCUT2D eigenvalue weighted by atomic mass is 79.9. The van der Waals surface area contributed by atoms with Gasteiger partial charge < -0.3 is 0 Å². The Morgan fingerprint density at radius 2 is 2.21 bits per heavy atom. The van der Waals surface area contributed by atoms with E-state index in [0.717, 1.165) is 17.2 Å². The summed E-state index contributed by atoms with van der Waals surface area (Å²) in [6, 6.07) is 8.74. The van der Waals surface area contributed by atoms with E-state index in [1.54, 1.807) is 5.56 Å². The van der Waals surface area contributed by atoms with E-state index in [-0.39, 0.29) is 0 Å². The molecule has 0 amide bonds. The molecule has 72 valence electrons. The van der Waals surface area contributed by atoms with Crippen LogP contribution >= 0.6 is 27.3 Å². The molecule has 0 radical (unpaired) electrons. The minimum Gasteiger partial charge on any atom is -0.144 e. The highest BCUT2D eigenvalue weighted by molar-refractivity contribution is 9.09. The quantitative estimate of drug-likeness (QED) is 0.707. The van der Waals surface area contributed by atoms with E-state index in [1.807, 2.05) is 11.3 Å². The Bertz CT molecular complexity index is 460. The third-order valence-corrected chi connectivity index (χ3v) is 4.84. The van der Waals surface area contributed by atoms with Crippen molar-refractivity contribution in [2.24, 2.45) is 5.92 Å². The molecule has 1 aromatic heterocycles. The number of rotatable bonds is 2. The molecule has 2 heteroatoms. The largest absolute Gasteiger partial charge is 0.144 e. The maximum absolute atomic E-state index is 3.57. The normalized spacial score (nSPS) is 25.5. The molecule has 2 atom stereocenters. The topological polar surface area (TPSA) is 0 Å². The predicted octanol–water partition coefficient (Wildman–Crippen LogP) is 4.40. The van der Waals surface area contributed by atoms with Crippen LogP contribution in [0.1, 0.15) is 17.9 Å². The second-order valence-electron chi connectivity index (χ2n) is 3.94. The number of benzene rings is 1. The minimum absolute atomic E-state index is 0.825. The van der Waals surface area contributed by atoms with Crippen molar-refractivity contribution in [1.29, 1.82) is 0 Å². The molecular weight excluding hydrogens is 256 g/mol. The van der Waals surface area contributed by atoms with Crippen molar-refractivity contribution >= 4 is 37.4 Å². The Balaban J connectivity index is 2.06. The van der Waals surface area contributed by atoms with Gasteiger partial charge in [0.1, 0.15) is 0 Å². The van der Waals surface area contributed by atoms with Gasteiger partial charge in [0, 0.05) is 10.0 Å². The third-order valence-electron chi connectivity index (χ3n) is 3.03. The molecule has 1 aliphatic rings. The van der Waals surface area contributed by atoms with Crippen molar-refractivity contribution in [2.45, 2.75) is 12.3 Å².